The Morgan fingerprint density at radius 1 is 1.13 bits per heavy atom. The van der Waals surface area contributed by atoms with Crippen LogP contribution in [0.25, 0.3) is 0 Å². The van der Waals surface area contributed by atoms with Crippen LogP contribution >= 0.6 is 11.5 Å². The lowest BCUT2D eigenvalue weighted by atomic mass is 9.97. The van der Waals surface area contributed by atoms with Crippen molar-refractivity contribution in [1.29, 1.82) is 0 Å². The number of hydrogen-bond donors (Lipinski definition) is 2. The van der Waals surface area contributed by atoms with Gasteiger partial charge in [0.1, 0.15) is 17.5 Å². The molecule has 0 saturated carbocycles. The van der Waals surface area contributed by atoms with E-state index in [4.69, 9.17) is 0 Å². The smallest absolute Gasteiger partial charge is 0.319 e. The Bertz CT molecular complexity index is 1020. The Morgan fingerprint density at radius 2 is 1.90 bits per heavy atom. The van der Waals surface area contributed by atoms with Crippen molar-refractivity contribution >= 4 is 28.4 Å². The summed E-state index contributed by atoms with van der Waals surface area (Å²) in [7, 11) is 0. The average Bonchev–Trinajstić information content (AvgIpc) is 3.24. The van der Waals surface area contributed by atoms with E-state index in [1.54, 1.807) is 0 Å². The van der Waals surface area contributed by atoms with Crippen molar-refractivity contribution in [3.63, 3.8) is 0 Å². The van der Waals surface area contributed by atoms with E-state index in [2.05, 4.69) is 37.0 Å². The fourth-order valence-electron chi connectivity index (χ4n) is 3.55. The monoisotopic (exact) mass is 443 g/mol. The SMILES string of the molecule is O=C(NCC1CCN(c2nc(Cc3ccccc3)ns2)CC1)Nc1ccc(F)cc1F. The molecule has 1 aliphatic rings. The average molecular weight is 444 g/mol. The van der Waals surface area contributed by atoms with Crippen LogP contribution in [0.3, 0.4) is 0 Å². The van der Waals surface area contributed by atoms with Crippen molar-refractivity contribution in [2.45, 2.75) is 19.3 Å². The lowest BCUT2D eigenvalue weighted by Gasteiger charge is -2.31. The first kappa shape index (κ1) is 21.2. The van der Waals surface area contributed by atoms with Crippen LogP contribution in [0.4, 0.5) is 24.4 Å². The lowest BCUT2D eigenvalue weighted by molar-refractivity contribution is 0.248. The van der Waals surface area contributed by atoms with E-state index < -0.39 is 17.7 Å². The standard InChI is InChI=1S/C22H23F2N5OS/c23-17-6-7-19(18(24)13-17)26-21(30)25-14-16-8-10-29(11-9-16)22-27-20(28-31-22)12-15-4-2-1-3-5-15/h1-7,13,16H,8-12,14H2,(H2,25,26,30). The maximum absolute atomic E-state index is 13.6. The number of hydrogen-bond acceptors (Lipinski definition) is 5. The number of aromatic nitrogens is 2. The third-order valence-electron chi connectivity index (χ3n) is 5.28. The molecule has 2 N–H and O–H groups in total. The molecule has 0 spiro atoms. The van der Waals surface area contributed by atoms with Gasteiger partial charge in [-0.3, -0.25) is 0 Å². The van der Waals surface area contributed by atoms with Crippen LogP contribution in [0.15, 0.2) is 48.5 Å². The highest BCUT2D eigenvalue weighted by Crippen LogP contribution is 2.25. The van der Waals surface area contributed by atoms with Crippen LogP contribution in [0.5, 0.6) is 0 Å². The molecule has 1 fully saturated rings. The first-order chi connectivity index (χ1) is 15.1. The first-order valence-corrected chi connectivity index (χ1v) is 11.0. The highest BCUT2D eigenvalue weighted by molar-refractivity contribution is 7.09. The van der Waals surface area contributed by atoms with E-state index >= 15 is 0 Å². The van der Waals surface area contributed by atoms with Crippen LogP contribution in [0.2, 0.25) is 0 Å². The summed E-state index contributed by atoms with van der Waals surface area (Å²) < 4.78 is 31.1. The van der Waals surface area contributed by atoms with Crippen LogP contribution < -0.4 is 15.5 Å². The van der Waals surface area contributed by atoms with Crippen LogP contribution in [0, 0.1) is 17.6 Å². The van der Waals surface area contributed by atoms with Gasteiger partial charge in [0.15, 0.2) is 0 Å². The van der Waals surface area contributed by atoms with Gasteiger partial charge in [0.2, 0.25) is 5.13 Å². The van der Waals surface area contributed by atoms with E-state index in [9.17, 15) is 13.6 Å². The number of anilines is 2. The van der Waals surface area contributed by atoms with E-state index in [-0.39, 0.29) is 5.69 Å². The molecule has 162 valence electrons. The number of piperidine rings is 1. The molecule has 3 aromatic rings. The summed E-state index contributed by atoms with van der Waals surface area (Å²) in [5.41, 5.74) is 1.15. The fraction of sp³-hybridized carbons (Fsp3) is 0.318. The van der Waals surface area contributed by atoms with Gasteiger partial charge in [-0.05, 0) is 36.5 Å². The first-order valence-electron chi connectivity index (χ1n) is 10.2. The van der Waals surface area contributed by atoms with Gasteiger partial charge in [-0.25, -0.2) is 18.6 Å². The number of halogens is 2. The summed E-state index contributed by atoms with van der Waals surface area (Å²) in [6.07, 6.45) is 2.55. The Morgan fingerprint density at radius 3 is 2.65 bits per heavy atom. The second kappa shape index (κ2) is 9.82. The predicted molar refractivity (Wildman–Crippen MR) is 117 cm³/mol. The molecule has 0 atom stereocenters. The molecule has 1 aromatic heterocycles. The van der Waals surface area contributed by atoms with E-state index in [0.717, 1.165) is 55.4 Å². The summed E-state index contributed by atoms with van der Waals surface area (Å²) in [6.45, 7) is 2.19. The third kappa shape index (κ3) is 5.75. The molecule has 4 rings (SSSR count). The summed E-state index contributed by atoms with van der Waals surface area (Å²) in [4.78, 5) is 18.9. The van der Waals surface area contributed by atoms with Gasteiger partial charge in [0.25, 0.3) is 0 Å². The molecule has 0 bridgehead atoms. The van der Waals surface area contributed by atoms with Crippen molar-refractivity contribution in [3.05, 3.63) is 71.6 Å². The number of amides is 2. The molecule has 2 aromatic carbocycles. The molecule has 9 heteroatoms. The minimum absolute atomic E-state index is 0.0451. The van der Waals surface area contributed by atoms with E-state index in [1.807, 2.05) is 18.2 Å². The van der Waals surface area contributed by atoms with Crippen molar-refractivity contribution in [1.82, 2.24) is 14.7 Å². The Kier molecular flexibility index (Phi) is 6.71. The Hall–Kier alpha value is -3.07. The molecule has 0 aliphatic carbocycles. The van der Waals surface area contributed by atoms with E-state index in [1.165, 1.54) is 23.2 Å². The topological polar surface area (TPSA) is 70.2 Å². The fourth-order valence-corrected chi connectivity index (χ4v) is 4.28. The molecular weight excluding hydrogens is 420 g/mol. The zero-order chi connectivity index (χ0) is 21.6. The molecule has 2 amide bonds. The summed E-state index contributed by atoms with van der Waals surface area (Å²) >= 11 is 1.42. The predicted octanol–water partition coefficient (Wildman–Crippen LogP) is 4.45. The maximum atomic E-state index is 13.6. The van der Waals surface area contributed by atoms with Crippen LogP contribution in [0.1, 0.15) is 24.2 Å². The molecule has 0 unspecified atom stereocenters. The lowest BCUT2D eigenvalue weighted by Crippen LogP contribution is -2.39. The van der Waals surface area contributed by atoms with Crippen LogP contribution in [-0.2, 0) is 6.42 Å². The van der Waals surface area contributed by atoms with Crippen molar-refractivity contribution in [2.75, 3.05) is 29.9 Å². The van der Waals surface area contributed by atoms with Gasteiger partial charge < -0.3 is 15.5 Å². The summed E-state index contributed by atoms with van der Waals surface area (Å²) in [6, 6.07) is 12.7. The number of rotatable bonds is 6. The number of nitrogens with zero attached hydrogens (tertiary/aromatic N) is 3. The minimum Gasteiger partial charge on any atom is -0.347 e. The third-order valence-corrected chi connectivity index (χ3v) is 6.09. The maximum Gasteiger partial charge on any atom is 0.319 e. The van der Waals surface area contributed by atoms with E-state index in [0.29, 0.717) is 12.5 Å². The molecule has 6 nitrogen and oxygen atoms in total. The number of carbonyl (C=O) groups is 1. The molecule has 1 saturated heterocycles. The summed E-state index contributed by atoms with van der Waals surface area (Å²) in [5.74, 6) is -0.318. The molecule has 0 radical (unpaired) electrons. The Labute approximate surface area is 183 Å². The van der Waals surface area contributed by atoms with Gasteiger partial charge in [-0.2, -0.15) is 4.37 Å². The zero-order valence-corrected chi connectivity index (χ0v) is 17.7. The molecule has 2 heterocycles. The quantitative estimate of drug-likeness (QED) is 0.591. The van der Waals surface area contributed by atoms with Gasteiger partial charge in [-0.1, -0.05) is 30.3 Å². The van der Waals surface area contributed by atoms with Crippen LogP contribution in [-0.4, -0.2) is 35.0 Å². The normalized spacial score (nSPS) is 14.5. The van der Waals surface area contributed by atoms with Gasteiger partial charge in [-0.15, -0.1) is 0 Å². The van der Waals surface area contributed by atoms with Gasteiger partial charge in [0.05, 0.1) is 5.69 Å². The Balaban J connectivity index is 1.21. The number of urea groups is 1. The van der Waals surface area contributed by atoms with Gasteiger partial charge in [0, 0.05) is 43.7 Å². The number of benzene rings is 2. The van der Waals surface area contributed by atoms with Crippen molar-refractivity contribution < 1.29 is 13.6 Å². The minimum atomic E-state index is -0.799. The summed E-state index contributed by atoms with van der Waals surface area (Å²) in [5, 5.41) is 6.12. The van der Waals surface area contributed by atoms with Crippen molar-refractivity contribution in [3.8, 4) is 0 Å². The number of carbonyl (C=O) groups excluding carboxylic acids is 1. The highest BCUT2D eigenvalue weighted by atomic mass is 32.1. The highest BCUT2D eigenvalue weighted by Gasteiger charge is 2.22. The largest absolute Gasteiger partial charge is 0.347 e. The molecule has 31 heavy (non-hydrogen) atoms. The number of nitrogens with one attached hydrogen (secondary N) is 2. The zero-order valence-electron chi connectivity index (χ0n) is 16.9. The molecular formula is C22H23F2N5OS. The van der Waals surface area contributed by atoms with Crippen molar-refractivity contribution in [2.24, 2.45) is 5.92 Å². The second-order valence-electron chi connectivity index (χ2n) is 7.55. The van der Waals surface area contributed by atoms with Gasteiger partial charge >= 0.3 is 6.03 Å². The second-order valence-corrected chi connectivity index (χ2v) is 8.28. The molecule has 1 aliphatic heterocycles.